The van der Waals surface area contributed by atoms with E-state index in [9.17, 15) is 0 Å². The SMILES string of the molecule is CCCC(OC)c1ncc2c(n1)CCCCC2NCC. The molecule has 4 heteroatoms. The fourth-order valence-corrected chi connectivity index (χ4v) is 2.96. The number of nitrogens with zero attached hydrogens (tertiary/aromatic N) is 2. The Morgan fingerprint density at radius 2 is 2.25 bits per heavy atom. The highest BCUT2D eigenvalue weighted by Gasteiger charge is 2.22. The zero-order valence-corrected chi connectivity index (χ0v) is 13.0. The lowest BCUT2D eigenvalue weighted by molar-refractivity contribution is 0.0873. The molecule has 20 heavy (non-hydrogen) atoms. The molecule has 1 aliphatic carbocycles. The molecule has 0 radical (unpaired) electrons. The van der Waals surface area contributed by atoms with Crippen molar-refractivity contribution in [2.45, 2.75) is 64.5 Å². The van der Waals surface area contributed by atoms with Gasteiger partial charge in [-0.15, -0.1) is 0 Å². The van der Waals surface area contributed by atoms with Gasteiger partial charge < -0.3 is 10.1 Å². The minimum atomic E-state index is 0.0335. The second-order valence-corrected chi connectivity index (χ2v) is 5.50. The smallest absolute Gasteiger partial charge is 0.157 e. The van der Waals surface area contributed by atoms with Crippen LogP contribution in [-0.2, 0) is 11.2 Å². The van der Waals surface area contributed by atoms with Crippen LogP contribution in [0.25, 0.3) is 0 Å². The molecule has 0 aliphatic heterocycles. The lowest BCUT2D eigenvalue weighted by Gasteiger charge is -2.19. The Labute approximate surface area is 122 Å². The van der Waals surface area contributed by atoms with Crippen molar-refractivity contribution in [2.75, 3.05) is 13.7 Å². The molecule has 2 atom stereocenters. The highest BCUT2D eigenvalue weighted by atomic mass is 16.5. The van der Waals surface area contributed by atoms with Crippen LogP contribution >= 0.6 is 0 Å². The van der Waals surface area contributed by atoms with E-state index < -0.39 is 0 Å². The molecule has 1 aromatic rings. The van der Waals surface area contributed by atoms with Crippen molar-refractivity contribution in [3.63, 3.8) is 0 Å². The molecule has 0 saturated carbocycles. The van der Waals surface area contributed by atoms with Crippen molar-refractivity contribution in [3.8, 4) is 0 Å². The van der Waals surface area contributed by atoms with Crippen molar-refractivity contribution in [1.82, 2.24) is 15.3 Å². The van der Waals surface area contributed by atoms with Gasteiger partial charge in [-0.25, -0.2) is 9.97 Å². The number of methoxy groups -OCH3 is 1. The third-order valence-electron chi connectivity index (χ3n) is 4.02. The number of hydrogen-bond donors (Lipinski definition) is 1. The fourth-order valence-electron chi connectivity index (χ4n) is 2.96. The van der Waals surface area contributed by atoms with E-state index in [4.69, 9.17) is 9.72 Å². The van der Waals surface area contributed by atoms with E-state index in [0.717, 1.165) is 31.6 Å². The standard InChI is InChI=1S/C16H27N3O/c1-4-8-15(20-3)16-18-11-12-13(17-5-2)9-6-7-10-14(12)19-16/h11,13,15,17H,4-10H2,1-3H3. The second kappa shape index (κ2) is 7.70. The van der Waals surface area contributed by atoms with Gasteiger partial charge in [-0.05, 0) is 32.2 Å². The molecule has 0 saturated heterocycles. The summed E-state index contributed by atoms with van der Waals surface area (Å²) in [5.74, 6) is 0.852. The van der Waals surface area contributed by atoms with Crippen LogP contribution in [0.1, 0.15) is 75.2 Å². The molecule has 1 aromatic heterocycles. The second-order valence-electron chi connectivity index (χ2n) is 5.50. The van der Waals surface area contributed by atoms with Crippen molar-refractivity contribution in [1.29, 1.82) is 0 Å². The highest BCUT2D eigenvalue weighted by Crippen LogP contribution is 2.28. The molecule has 0 aromatic carbocycles. The maximum Gasteiger partial charge on any atom is 0.157 e. The summed E-state index contributed by atoms with van der Waals surface area (Å²) in [5.41, 5.74) is 2.51. The first kappa shape index (κ1) is 15.4. The molecule has 2 rings (SSSR count). The van der Waals surface area contributed by atoms with Gasteiger partial charge in [0.25, 0.3) is 0 Å². The van der Waals surface area contributed by atoms with E-state index in [1.54, 1.807) is 7.11 Å². The normalized spacial score (nSPS) is 20.2. The Bertz CT molecular complexity index is 422. The van der Waals surface area contributed by atoms with Crippen LogP contribution in [0.2, 0.25) is 0 Å². The van der Waals surface area contributed by atoms with Crippen LogP contribution in [0.3, 0.4) is 0 Å². The van der Waals surface area contributed by atoms with E-state index in [2.05, 4.69) is 24.1 Å². The van der Waals surface area contributed by atoms with Gasteiger partial charge in [-0.2, -0.15) is 0 Å². The number of nitrogens with one attached hydrogen (secondary N) is 1. The Balaban J connectivity index is 2.26. The zero-order chi connectivity index (χ0) is 14.4. The molecule has 0 amide bonds. The monoisotopic (exact) mass is 277 g/mol. The van der Waals surface area contributed by atoms with Crippen LogP contribution in [0.15, 0.2) is 6.20 Å². The van der Waals surface area contributed by atoms with Crippen molar-refractivity contribution < 1.29 is 4.74 Å². The summed E-state index contributed by atoms with van der Waals surface area (Å²) in [6.07, 6.45) is 8.85. The van der Waals surface area contributed by atoms with Gasteiger partial charge in [0.05, 0.1) is 0 Å². The van der Waals surface area contributed by atoms with Gasteiger partial charge in [0, 0.05) is 30.6 Å². The molecule has 0 spiro atoms. The number of aromatic nitrogens is 2. The molecule has 0 bridgehead atoms. The van der Waals surface area contributed by atoms with E-state index >= 15 is 0 Å². The average Bonchev–Trinajstić information content (AvgIpc) is 2.67. The van der Waals surface area contributed by atoms with Crippen molar-refractivity contribution in [3.05, 3.63) is 23.3 Å². The average molecular weight is 277 g/mol. The summed E-state index contributed by atoms with van der Waals surface area (Å²) in [7, 11) is 1.75. The van der Waals surface area contributed by atoms with E-state index in [1.807, 2.05) is 6.20 Å². The van der Waals surface area contributed by atoms with Crippen LogP contribution < -0.4 is 5.32 Å². The number of rotatable bonds is 6. The highest BCUT2D eigenvalue weighted by molar-refractivity contribution is 5.23. The van der Waals surface area contributed by atoms with Gasteiger partial charge >= 0.3 is 0 Å². The lowest BCUT2D eigenvalue weighted by Crippen LogP contribution is -2.22. The Morgan fingerprint density at radius 1 is 1.40 bits per heavy atom. The van der Waals surface area contributed by atoms with Gasteiger partial charge in [0.2, 0.25) is 0 Å². The first-order valence-electron chi connectivity index (χ1n) is 7.92. The van der Waals surface area contributed by atoms with Gasteiger partial charge in [-0.1, -0.05) is 26.7 Å². The largest absolute Gasteiger partial charge is 0.373 e. The third-order valence-corrected chi connectivity index (χ3v) is 4.02. The van der Waals surface area contributed by atoms with Gasteiger partial charge in [0.15, 0.2) is 5.82 Å². The summed E-state index contributed by atoms with van der Waals surface area (Å²) in [5, 5.41) is 3.56. The molecule has 1 heterocycles. The maximum atomic E-state index is 5.53. The molecule has 1 aliphatic rings. The van der Waals surface area contributed by atoms with Gasteiger partial charge in [0.1, 0.15) is 6.10 Å². The quantitative estimate of drug-likeness (QED) is 0.810. The van der Waals surface area contributed by atoms with Gasteiger partial charge in [-0.3, -0.25) is 0 Å². The maximum absolute atomic E-state index is 5.53. The molecular weight excluding hydrogens is 250 g/mol. The number of hydrogen-bond acceptors (Lipinski definition) is 4. The number of fused-ring (bicyclic) bond motifs is 1. The minimum Gasteiger partial charge on any atom is -0.373 e. The number of aryl methyl sites for hydroxylation is 1. The molecule has 0 fully saturated rings. The van der Waals surface area contributed by atoms with Crippen molar-refractivity contribution in [2.24, 2.45) is 0 Å². The molecule has 1 N–H and O–H groups in total. The minimum absolute atomic E-state index is 0.0335. The first-order chi connectivity index (χ1) is 9.80. The van der Waals surface area contributed by atoms with Crippen molar-refractivity contribution >= 4 is 0 Å². The van der Waals surface area contributed by atoms with Crippen LogP contribution in [0.4, 0.5) is 0 Å². The summed E-state index contributed by atoms with van der Waals surface area (Å²) in [6.45, 7) is 5.31. The van der Waals surface area contributed by atoms with E-state index in [1.165, 1.54) is 30.5 Å². The van der Waals surface area contributed by atoms with Crippen LogP contribution in [0.5, 0.6) is 0 Å². The van der Waals surface area contributed by atoms with Crippen LogP contribution in [-0.4, -0.2) is 23.6 Å². The third kappa shape index (κ3) is 3.55. The van der Waals surface area contributed by atoms with Crippen LogP contribution in [0, 0.1) is 0 Å². The van der Waals surface area contributed by atoms with E-state index in [0.29, 0.717) is 6.04 Å². The fraction of sp³-hybridized carbons (Fsp3) is 0.750. The number of ether oxygens (including phenoxy) is 1. The Morgan fingerprint density at radius 3 is 2.95 bits per heavy atom. The molecular formula is C16H27N3O. The Kier molecular flexibility index (Phi) is 5.92. The zero-order valence-electron chi connectivity index (χ0n) is 13.0. The van der Waals surface area contributed by atoms with E-state index in [-0.39, 0.29) is 6.10 Å². The Hall–Kier alpha value is -1.00. The summed E-state index contributed by atoms with van der Waals surface area (Å²) in [6, 6.07) is 0.415. The topological polar surface area (TPSA) is 47.0 Å². The molecule has 2 unspecified atom stereocenters. The summed E-state index contributed by atoms with van der Waals surface area (Å²) < 4.78 is 5.53. The molecule has 112 valence electrons. The predicted octanol–water partition coefficient (Wildman–Crippen LogP) is 3.34. The lowest BCUT2D eigenvalue weighted by atomic mass is 10.0. The summed E-state index contributed by atoms with van der Waals surface area (Å²) in [4.78, 5) is 9.40. The first-order valence-corrected chi connectivity index (χ1v) is 7.92. The molecule has 4 nitrogen and oxygen atoms in total. The predicted molar refractivity (Wildman–Crippen MR) is 80.7 cm³/mol. The summed E-state index contributed by atoms with van der Waals surface area (Å²) >= 11 is 0.